The third kappa shape index (κ3) is 4.07. The van der Waals surface area contributed by atoms with Gasteiger partial charge in [0.05, 0.1) is 10.5 Å². The molecule has 23 heavy (non-hydrogen) atoms. The normalized spacial score (nSPS) is 11.1. The number of sulfone groups is 1. The van der Waals surface area contributed by atoms with Gasteiger partial charge in [-0.3, -0.25) is 4.79 Å². The van der Waals surface area contributed by atoms with Gasteiger partial charge in [-0.25, -0.2) is 13.4 Å². The first kappa shape index (κ1) is 17.0. The smallest absolute Gasteiger partial charge is 0.252 e. The van der Waals surface area contributed by atoms with Crippen LogP contribution in [-0.2, 0) is 16.4 Å². The Morgan fingerprint density at radius 2 is 1.87 bits per heavy atom. The van der Waals surface area contributed by atoms with Crippen molar-refractivity contribution in [2.75, 3.05) is 25.3 Å². The third-order valence-electron chi connectivity index (χ3n) is 3.26. The number of benzene rings is 1. The molecule has 0 atom stereocenters. The monoisotopic (exact) mass is 333 g/mol. The fraction of sp³-hybridized carbons (Fsp3) is 0.250. The summed E-state index contributed by atoms with van der Waals surface area (Å²) < 4.78 is 23.6. The van der Waals surface area contributed by atoms with E-state index in [4.69, 9.17) is 0 Å². The molecule has 0 aliphatic heterocycles. The van der Waals surface area contributed by atoms with Crippen LogP contribution in [0.25, 0.3) is 0 Å². The van der Waals surface area contributed by atoms with Crippen molar-refractivity contribution in [2.45, 2.75) is 11.4 Å². The fourth-order valence-electron chi connectivity index (χ4n) is 2.22. The number of amides is 1. The maximum absolute atomic E-state index is 12.4. The molecule has 2 rings (SSSR count). The topological polar surface area (TPSA) is 79.4 Å². The average molecular weight is 333 g/mol. The number of rotatable bonds is 5. The van der Waals surface area contributed by atoms with Gasteiger partial charge in [0.1, 0.15) is 5.82 Å². The number of nitrogens with zero attached hydrogens (tertiary/aromatic N) is 2. The quantitative estimate of drug-likeness (QED) is 0.896. The molecule has 1 aromatic carbocycles. The van der Waals surface area contributed by atoms with Crippen LogP contribution in [0.5, 0.6) is 0 Å². The molecule has 1 heterocycles. The van der Waals surface area contributed by atoms with Crippen LogP contribution in [0.1, 0.15) is 15.9 Å². The fourth-order valence-corrected chi connectivity index (χ4v) is 3.11. The lowest BCUT2D eigenvalue weighted by molar-refractivity contribution is 0.0947. The highest BCUT2D eigenvalue weighted by molar-refractivity contribution is 7.90. The Bertz CT molecular complexity index is 817. The van der Waals surface area contributed by atoms with Crippen LogP contribution >= 0.6 is 0 Å². The van der Waals surface area contributed by atoms with Gasteiger partial charge in [0, 0.05) is 38.7 Å². The van der Waals surface area contributed by atoms with Gasteiger partial charge in [-0.15, -0.1) is 0 Å². The number of hydrogen-bond acceptors (Lipinski definition) is 5. The average Bonchev–Trinajstić information content (AvgIpc) is 2.52. The molecule has 1 amide bonds. The van der Waals surface area contributed by atoms with E-state index in [2.05, 4.69) is 10.3 Å². The molecule has 0 unspecified atom stereocenters. The second-order valence-corrected chi connectivity index (χ2v) is 7.32. The molecule has 0 bridgehead atoms. The minimum Gasteiger partial charge on any atom is -0.362 e. The van der Waals surface area contributed by atoms with Crippen LogP contribution < -0.4 is 10.2 Å². The number of nitrogens with one attached hydrogen (secondary N) is 1. The molecular weight excluding hydrogens is 314 g/mol. The Morgan fingerprint density at radius 1 is 1.17 bits per heavy atom. The molecule has 0 saturated heterocycles. The van der Waals surface area contributed by atoms with Crippen molar-refractivity contribution in [3.05, 3.63) is 53.7 Å². The van der Waals surface area contributed by atoms with Crippen LogP contribution in [0.15, 0.2) is 47.5 Å². The summed E-state index contributed by atoms with van der Waals surface area (Å²) in [6, 6.07) is 9.82. The van der Waals surface area contributed by atoms with Crippen molar-refractivity contribution in [1.82, 2.24) is 10.3 Å². The van der Waals surface area contributed by atoms with E-state index in [0.29, 0.717) is 0 Å². The van der Waals surface area contributed by atoms with E-state index in [0.717, 1.165) is 17.6 Å². The first-order valence-corrected chi connectivity index (χ1v) is 8.88. The van der Waals surface area contributed by atoms with E-state index in [-0.39, 0.29) is 17.0 Å². The lowest BCUT2D eigenvalue weighted by Gasteiger charge is -2.16. The second kappa shape index (κ2) is 6.78. The highest BCUT2D eigenvalue weighted by Crippen LogP contribution is 2.17. The third-order valence-corrected chi connectivity index (χ3v) is 4.42. The van der Waals surface area contributed by atoms with Gasteiger partial charge in [0.15, 0.2) is 9.84 Å². The highest BCUT2D eigenvalue weighted by atomic mass is 32.2. The van der Waals surface area contributed by atoms with Gasteiger partial charge in [0.25, 0.3) is 5.91 Å². The van der Waals surface area contributed by atoms with E-state index in [1.54, 1.807) is 24.4 Å². The Kier molecular flexibility index (Phi) is 5.00. The molecule has 6 nitrogen and oxygen atoms in total. The minimum absolute atomic E-state index is 0.0246. The maximum atomic E-state index is 12.4. The zero-order chi connectivity index (χ0) is 17.0. The van der Waals surface area contributed by atoms with Crippen LogP contribution in [0.4, 0.5) is 5.82 Å². The van der Waals surface area contributed by atoms with Crippen molar-refractivity contribution in [2.24, 2.45) is 0 Å². The molecule has 0 aliphatic carbocycles. The number of pyridine rings is 1. The molecule has 0 spiro atoms. The zero-order valence-electron chi connectivity index (χ0n) is 13.3. The number of carbonyl (C=O) groups is 1. The number of carbonyl (C=O) groups excluding carboxylic acids is 1. The van der Waals surface area contributed by atoms with Crippen molar-refractivity contribution in [3.63, 3.8) is 0 Å². The molecule has 0 aliphatic rings. The molecule has 0 radical (unpaired) electrons. The van der Waals surface area contributed by atoms with Gasteiger partial charge in [-0.2, -0.15) is 0 Å². The molecule has 1 N–H and O–H groups in total. The summed E-state index contributed by atoms with van der Waals surface area (Å²) in [5.74, 6) is 0.323. The minimum atomic E-state index is -3.46. The maximum Gasteiger partial charge on any atom is 0.252 e. The lowest BCUT2D eigenvalue weighted by atomic mass is 10.2. The lowest BCUT2D eigenvalue weighted by Crippen LogP contribution is -2.26. The second-order valence-electron chi connectivity index (χ2n) is 5.33. The summed E-state index contributed by atoms with van der Waals surface area (Å²) in [5.41, 5.74) is 0.994. The Hall–Kier alpha value is -2.41. The summed E-state index contributed by atoms with van der Waals surface area (Å²) >= 11 is 0. The molecule has 7 heteroatoms. The number of anilines is 1. The van der Waals surface area contributed by atoms with Crippen molar-refractivity contribution in [1.29, 1.82) is 0 Å². The van der Waals surface area contributed by atoms with E-state index in [9.17, 15) is 13.2 Å². The van der Waals surface area contributed by atoms with E-state index < -0.39 is 15.7 Å². The highest BCUT2D eigenvalue weighted by Gasteiger charge is 2.18. The largest absolute Gasteiger partial charge is 0.362 e. The van der Waals surface area contributed by atoms with Crippen LogP contribution in [0.2, 0.25) is 0 Å². The summed E-state index contributed by atoms with van der Waals surface area (Å²) in [4.78, 5) is 18.5. The first-order valence-electron chi connectivity index (χ1n) is 6.99. The molecule has 0 saturated carbocycles. The van der Waals surface area contributed by atoms with E-state index in [1.807, 2.05) is 25.1 Å². The molecular formula is C16H19N3O3S. The molecule has 1 aromatic heterocycles. The van der Waals surface area contributed by atoms with Gasteiger partial charge in [0.2, 0.25) is 0 Å². The zero-order valence-corrected chi connectivity index (χ0v) is 14.1. The summed E-state index contributed by atoms with van der Waals surface area (Å²) in [7, 11) is 0.271. The number of aromatic nitrogens is 1. The standard InChI is InChI=1S/C16H19N3O3S/c1-19(2)15-12(7-6-10-17-15)11-18-16(20)13-8-4-5-9-14(13)23(3,21)22/h4-10H,11H2,1-3H3,(H,18,20). The van der Waals surface area contributed by atoms with E-state index in [1.165, 1.54) is 12.1 Å². The van der Waals surface area contributed by atoms with Gasteiger partial charge < -0.3 is 10.2 Å². The van der Waals surface area contributed by atoms with Crippen molar-refractivity contribution >= 4 is 21.6 Å². The Labute approximate surface area is 136 Å². The number of hydrogen-bond donors (Lipinski definition) is 1. The van der Waals surface area contributed by atoms with Crippen molar-refractivity contribution in [3.8, 4) is 0 Å². The molecule has 122 valence electrons. The molecule has 0 fully saturated rings. The SMILES string of the molecule is CN(C)c1ncccc1CNC(=O)c1ccccc1S(C)(=O)=O. The van der Waals surface area contributed by atoms with Crippen molar-refractivity contribution < 1.29 is 13.2 Å². The van der Waals surface area contributed by atoms with Gasteiger partial charge in [-0.1, -0.05) is 18.2 Å². The first-order chi connectivity index (χ1) is 10.8. The summed E-state index contributed by atoms with van der Waals surface area (Å²) in [6.07, 6.45) is 2.77. The predicted octanol–water partition coefficient (Wildman–Crippen LogP) is 1.48. The predicted molar refractivity (Wildman–Crippen MR) is 89.3 cm³/mol. The van der Waals surface area contributed by atoms with E-state index >= 15 is 0 Å². The van der Waals surface area contributed by atoms with Crippen LogP contribution in [0.3, 0.4) is 0 Å². The van der Waals surface area contributed by atoms with Gasteiger partial charge in [-0.05, 0) is 18.2 Å². The van der Waals surface area contributed by atoms with Crippen LogP contribution in [-0.4, -0.2) is 39.7 Å². The van der Waals surface area contributed by atoms with Crippen LogP contribution in [0, 0.1) is 0 Å². The molecule has 2 aromatic rings. The Morgan fingerprint density at radius 3 is 2.52 bits per heavy atom. The summed E-state index contributed by atoms with van der Waals surface area (Å²) in [6.45, 7) is 0.262. The Balaban J connectivity index is 2.22. The van der Waals surface area contributed by atoms with Gasteiger partial charge >= 0.3 is 0 Å². The summed E-state index contributed by atoms with van der Waals surface area (Å²) in [5, 5.41) is 2.75.